The standard InChI is InChI=1S/C24H26/c1-18-15-21(24(2,3)4)17-22(18)23(20-13-9-6-10-14-20)16-19-11-7-5-8-12-19/h5-15,17H,16H2,1-4H3. The summed E-state index contributed by atoms with van der Waals surface area (Å²) in [6.07, 6.45) is 5.70. The van der Waals surface area contributed by atoms with E-state index in [9.17, 15) is 0 Å². The van der Waals surface area contributed by atoms with Gasteiger partial charge in [-0.2, -0.15) is 0 Å². The third kappa shape index (κ3) is 3.59. The lowest BCUT2D eigenvalue weighted by molar-refractivity contribution is 0.518. The molecule has 24 heavy (non-hydrogen) atoms. The van der Waals surface area contributed by atoms with E-state index in [-0.39, 0.29) is 5.41 Å². The summed E-state index contributed by atoms with van der Waals surface area (Å²) >= 11 is 0. The number of benzene rings is 2. The van der Waals surface area contributed by atoms with E-state index in [4.69, 9.17) is 0 Å². The average Bonchev–Trinajstić information content (AvgIpc) is 2.96. The molecule has 0 unspecified atom stereocenters. The molecule has 2 aromatic carbocycles. The van der Waals surface area contributed by atoms with E-state index in [1.807, 2.05) is 0 Å². The topological polar surface area (TPSA) is 0 Å². The minimum absolute atomic E-state index is 0.178. The molecule has 0 nitrogen and oxygen atoms in total. The molecule has 0 amide bonds. The molecule has 0 aromatic heterocycles. The summed E-state index contributed by atoms with van der Waals surface area (Å²) in [6, 6.07) is 21.5. The van der Waals surface area contributed by atoms with Crippen LogP contribution < -0.4 is 0 Å². The van der Waals surface area contributed by atoms with Crippen LogP contribution in [0.15, 0.2) is 89.5 Å². The second-order valence-corrected chi connectivity index (χ2v) is 7.60. The maximum absolute atomic E-state index is 2.39. The zero-order valence-corrected chi connectivity index (χ0v) is 15.1. The highest BCUT2D eigenvalue weighted by Gasteiger charge is 2.22. The van der Waals surface area contributed by atoms with E-state index in [1.165, 1.54) is 33.4 Å². The maximum atomic E-state index is 2.39. The van der Waals surface area contributed by atoms with Gasteiger partial charge in [0.15, 0.2) is 0 Å². The first kappa shape index (κ1) is 16.5. The van der Waals surface area contributed by atoms with Crippen LogP contribution in [-0.4, -0.2) is 0 Å². The molecule has 0 radical (unpaired) electrons. The van der Waals surface area contributed by atoms with Gasteiger partial charge in [-0.25, -0.2) is 0 Å². The third-order valence-electron chi connectivity index (χ3n) is 4.63. The van der Waals surface area contributed by atoms with Gasteiger partial charge in [0, 0.05) is 0 Å². The third-order valence-corrected chi connectivity index (χ3v) is 4.63. The Labute approximate surface area is 146 Å². The van der Waals surface area contributed by atoms with Crippen LogP contribution in [0.5, 0.6) is 0 Å². The Morgan fingerprint density at radius 3 is 1.92 bits per heavy atom. The normalized spacial score (nSPS) is 16.7. The largest absolute Gasteiger partial charge is 0.0622 e. The van der Waals surface area contributed by atoms with E-state index in [2.05, 4.69) is 101 Å². The van der Waals surface area contributed by atoms with E-state index in [0.29, 0.717) is 0 Å². The van der Waals surface area contributed by atoms with Crippen LogP contribution in [0.25, 0.3) is 5.57 Å². The quantitative estimate of drug-likeness (QED) is 0.597. The van der Waals surface area contributed by atoms with Gasteiger partial charge in [-0.05, 0) is 52.2 Å². The van der Waals surface area contributed by atoms with E-state index in [0.717, 1.165) is 6.42 Å². The summed E-state index contributed by atoms with van der Waals surface area (Å²) in [4.78, 5) is 0. The van der Waals surface area contributed by atoms with Crippen molar-refractivity contribution in [3.63, 3.8) is 0 Å². The first-order valence-corrected chi connectivity index (χ1v) is 8.68. The van der Waals surface area contributed by atoms with Crippen molar-refractivity contribution in [1.29, 1.82) is 0 Å². The molecule has 0 bridgehead atoms. The predicted octanol–water partition coefficient (Wildman–Crippen LogP) is 6.62. The molecule has 1 aliphatic carbocycles. The molecule has 1 aliphatic rings. The molecular formula is C24H26. The van der Waals surface area contributed by atoms with E-state index in [1.54, 1.807) is 0 Å². The molecule has 0 N–H and O–H groups in total. The van der Waals surface area contributed by atoms with Crippen LogP contribution in [0.1, 0.15) is 38.8 Å². The van der Waals surface area contributed by atoms with Gasteiger partial charge in [-0.15, -0.1) is 0 Å². The van der Waals surface area contributed by atoms with Crippen LogP contribution in [-0.2, 0) is 6.42 Å². The molecule has 0 heterocycles. The fraction of sp³-hybridized carbons (Fsp3) is 0.250. The molecule has 122 valence electrons. The van der Waals surface area contributed by atoms with Gasteiger partial charge in [0.25, 0.3) is 0 Å². The molecule has 0 heteroatoms. The summed E-state index contributed by atoms with van der Waals surface area (Å²) < 4.78 is 0. The molecule has 0 atom stereocenters. The SMILES string of the molecule is CC1=CC(C(C)(C)C)=CC1=C(Cc1ccccc1)c1ccccc1. The number of hydrogen-bond donors (Lipinski definition) is 0. The van der Waals surface area contributed by atoms with Gasteiger partial charge in [0.05, 0.1) is 0 Å². The molecule has 0 saturated heterocycles. The zero-order chi connectivity index (χ0) is 17.2. The van der Waals surface area contributed by atoms with Crippen LogP contribution in [0.2, 0.25) is 0 Å². The second-order valence-electron chi connectivity index (χ2n) is 7.60. The Morgan fingerprint density at radius 2 is 1.38 bits per heavy atom. The average molecular weight is 314 g/mol. The highest BCUT2D eigenvalue weighted by molar-refractivity contribution is 5.79. The summed E-state index contributed by atoms with van der Waals surface area (Å²) in [5.74, 6) is 0. The molecular weight excluding hydrogens is 288 g/mol. The van der Waals surface area contributed by atoms with Crippen molar-refractivity contribution in [3.8, 4) is 0 Å². The monoisotopic (exact) mass is 314 g/mol. The Bertz CT molecular complexity index is 794. The molecule has 0 fully saturated rings. The Hall–Kier alpha value is -2.34. The minimum atomic E-state index is 0.178. The van der Waals surface area contributed by atoms with Crippen molar-refractivity contribution in [2.45, 2.75) is 34.1 Å². The van der Waals surface area contributed by atoms with Gasteiger partial charge in [0.2, 0.25) is 0 Å². The second kappa shape index (κ2) is 6.65. The Kier molecular flexibility index (Phi) is 4.57. The lowest BCUT2D eigenvalue weighted by atomic mass is 9.87. The van der Waals surface area contributed by atoms with Gasteiger partial charge in [0.1, 0.15) is 0 Å². The Morgan fingerprint density at radius 1 is 0.792 bits per heavy atom. The van der Waals surface area contributed by atoms with Gasteiger partial charge >= 0.3 is 0 Å². The van der Waals surface area contributed by atoms with Crippen molar-refractivity contribution in [1.82, 2.24) is 0 Å². The van der Waals surface area contributed by atoms with Gasteiger partial charge < -0.3 is 0 Å². The summed E-state index contributed by atoms with van der Waals surface area (Å²) in [6.45, 7) is 9.08. The number of rotatable bonds is 3. The van der Waals surface area contributed by atoms with Crippen molar-refractivity contribution >= 4 is 5.57 Å². The smallest absolute Gasteiger partial charge is 0.00138 e. The Balaban J connectivity index is 2.12. The molecule has 0 saturated carbocycles. The zero-order valence-electron chi connectivity index (χ0n) is 15.1. The molecule has 0 aliphatic heterocycles. The first-order chi connectivity index (χ1) is 11.4. The van der Waals surface area contributed by atoms with Crippen LogP contribution >= 0.6 is 0 Å². The van der Waals surface area contributed by atoms with Crippen LogP contribution in [0.3, 0.4) is 0 Å². The van der Waals surface area contributed by atoms with Crippen molar-refractivity contribution in [2.75, 3.05) is 0 Å². The maximum Gasteiger partial charge on any atom is -0.00138 e. The summed E-state index contributed by atoms with van der Waals surface area (Å²) in [7, 11) is 0. The van der Waals surface area contributed by atoms with E-state index < -0.39 is 0 Å². The highest BCUT2D eigenvalue weighted by Crippen LogP contribution is 2.39. The predicted molar refractivity (Wildman–Crippen MR) is 105 cm³/mol. The number of allylic oxidation sites excluding steroid dienone is 6. The number of hydrogen-bond acceptors (Lipinski definition) is 0. The lowest BCUT2D eigenvalue weighted by Gasteiger charge is -2.18. The van der Waals surface area contributed by atoms with Gasteiger partial charge in [-0.3, -0.25) is 0 Å². The molecule has 3 rings (SSSR count). The van der Waals surface area contributed by atoms with E-state index >= 15 is 0 Å². The van der Waals surface area contributed by atoms with Crippen molar-refractivity contribution in [3.05, 3.63) is 101 Å². The molecule has 2 aromatic rings. The fourth-order valence-corrected chi connectivity index (χ4v) is 3.17. The summed E-state index contributed by atoms with van der Waals surface area (Å²) in [5.41, 5.74) is 8.43. The minimum Gasteiger partial charge on any atom is -0.0622 e. The lowest BCUT2D eigenvalue weighted by Crippen LogP contribution is -2.05. The molecule has 0 spiro atoms. The van der Waals surface area contributed by atoms with Gasteiger partial charge in [-0.1, -0.05) is 93.6 Å². The van der Waals surface area contributed by atoms with Crippen LogP contribution in [0.4, 0.5) is 0 Å². The first-order valence-electron chi connectivity index (χ1n) is 8.68. The summed E-state index contributed by atoms with van der Waals surface area (Å²) in [5, 5.41) is 0. The van der Waals surface area contributed by atoms with Crippen LogP contribution in [0, 0.1) is 5.41 Å². The fourth-order valence-electron chi connectivity index (χ4n) is 3.17. The van der Waals surface area contributed by atoms with Crippen molar-refractivity contribution < 1.29 is 0 Å². The van der Waals surface area contributed by atoms with Crippen molar-refractivity contribution in [2.24, 2.45) is 5.41 Å². The highest BCUT2D eigenvalue weighted by atomic mass is 14.3.